The van der Waals surface area contributed by atoms with E-state index in [9.17, 15) is 18.0 Å². The number of amides is 1. The zero-order valence-corrected chi connectivity index (χ0v) is 19.5. The number of hydrogen-bond acceptors (Lipinski definition) is 6. The summed E-state index contributed by atoms with van der Waals surface area (Å²) in [6.45, 7) is 4.05. The Balaban J connectivity index is 1.41. The number of thiophene rings is 2. The first-order chi connectivity index (χ1) is 15.7. The van der Waals surface area contributed by atoms with Crippen LogP contribution in [0.1, 0.15) is 50.6 Å². The number of carbonyl (C=O) groups excluding carboxylic acids is 1. The van der Waals surface area contributed by atoms with Gasteiger partial charge >= 0.3 is 6.18 Å². The lowest BCUT2D eigenvalue weighted by Crippen LogP contribution is -2.39. The van der Waals surface area contributed by atoms with Gasteiger partial charge in [0.25, 0.3) is 11.6 Å². The number of hydrogen-bond donors (Lipinski definition) is 0. The highest BCUT2D eigenvalue weighted by Gasteiger charge is 2.37. The molecule has 1 atom stereocenters. The normalized spacial score (nSPS) is 16.4. The van der Waals surface area contributed by atoms with E-state index in [-0.39, 0.29) is 24.1 Å². The third-order valence-corrected chi connectivity index (χ3v) is 7.91. The van der Waals surface area contributed by atoms with Gasteiger partial charge in [-0.3, -0.25) is 4.79 Å². The largest absolute Gasteiger partial charge is 0.453 e. The highest BCUT2D eigenvalue weighted by molar-refractivity contribution is 7.10. The van der Waals surface area contributed by atoms with Crippen LogP contribution < -0.4 is 0 Å². The predicted molar refractivity (Wildman–Crippen MR) is 119 cm³/mol. The molecular weight excluding hydrogens is 471 g/mol. The van der Waals surface area contributed by atoms with Crippen LogP contribution in [0.15, 0.2) is 29.0 Å². The monoisotopic (exact) mass is 491 g/mol. The molecule has 0 N–H and O–H groups in total. The number of aryl methyl sites for hydroxylation is 2. The van der Waals surface area contributed by atoms with Crippen molar-refractivity contribution in [2.24, 2.45) is 0 Å². The van der Waals surface area contributed by atoms with Gasteiger partial charge in [0, 0.05) is 34.1 Å². The van der Waals surface area contributed by atoms with Crippen LogP contribution >= 0.6 is 22.7 Å². The molecular formula is C22H20F3N5OS2. The van der Waals surface area contributed by atoms with Crippen molar-refractivity contribution in [2.45, 2.75) is 45.3 Å². The number of aromatic nitrogens is 4. The van der Waals surface area contributed by atoms with Gasteiger partial charge in [-0.25, -0.2) is 9.50 Å². The number of fused-ring (bicyclic) bond motifs is 2. The van der Waals surface area contributed by atoms with E-state index in [4.69, 9.17) is 0 Å². The first-order valence-corrected chi connectivity index (χ1v) is 12.2. The average molecular weight is 492 g/mol. The summed E-state index contributed by atoms with van der Waals surface area (Å²) in [6, 6.07) is 6.04. The number of carbonyl (C=O) groups is 1. The van der Waals surface area contributed by atoms with Gasteiger partial charge in [-0.1, -0.05) is 6.07 Å². The molecule has 11 heteroatoms. The lowest BCUT2D eigenvalue weighted by molar-refractivity contribution is -0.144. The van der Waals surface area contributed by atoms with E-state index < -0.39 is 12.0 Å². The minimum atomic E-state index is -4.64. The Morgan fingerprint density at radius 3 is 2.73 bits per heavy atom. The molecule has 0 fully saturated rings. The maximum atomic E-state index is 13.4. The molecule has 4 aromatic rings. The van der Waals surface area contributed by atoms with Gasteiger partial charge in [-0.2, -0.15) is 18.2 Å². The molecule has 0 saturated carbocycles. The zero-order chi connectivity index (χ0) is 23.3. The van der Waals surface area contributed by atoms with E-state index in [2.05, 4.69) is 32.6 Å². The van der Waals surface area contributed by atoms with Gasteiger partial charge in [-0.05, 0) is 60.7 Å². The standard InChI is InChI=1S/C22H20F3N5OS2/c1-12-14(13(2)30-21(26-12)27-20(28-30)22(23,24)25)5-6-18(31)29-9-7-16-15(8-11-33-16)19(29)17-4-3-10-32-17/h3-4,8,10-11,19H,5-7,9H2,1-2H3/t19-/m0/s1. The van der Waals surface area contributed by atoms with E-state index in [0.29, 0.717) is 24.4 Å². The third kappa shape index (κ3) is 3.93. The first-order valence-electron chi connectivity index (χ1n) is 10.4. The number of rotatable bonds is 4. The van der Waals surface area contributed by atoms with Crippen LogP contribution in [-0.4, -0.2) is 36.9 Å². The van der Waals surface area contributed by atoms with Gasteiger partial charge in [-0.15, -0.1) is 27.8 Å². The summed E-state index contributed by atoms with van der Waals surface area (Å²) in [7, 11) is 0. The molecule has 0 radical (unpaired) electrons. The fourth-order valence-corrected chi connectivity index (χ4v) is 6.16. The van der Waals surface area contributed by atoms with E-state index >= 15 is 0 Å². The van der Waals surface area contributed by atoms with Crippen LogP contribution in [0.3, 0.4) is 0 Å². The molecule has 6 nitrogen and oxygen atoms in total. The highest BCUT2D eigenvalue weighted by Crippen LogP contribution is 2.40. The topological polar surface area (TPSA) is 63.4 Å². The van der Waals surface area contributed by atoms with Crippen LogP contribution in [0.5, 0.6) is 0 Å². The minimum absolute atomic E-state index is 0.0127. The van der Waals surface area contributed by atoms with Crippen LogP contribution in [0.2, 0.25) is 0 Å². The van der Waals surface area contributed by atoms with Crippen LogP contribution in [-0.2, 0) is 23.8 Å². The van der Waals surface area contributed by atoms with E-state index in [1.54, 1.807) is 36.5 Å². The summed E-state index contributed by atoms with van der Waals surface area (Å²) in [4.78, 5) is 25.4. The molecule has 1 amide bonds. The molecule has 0 bridgehead atoms. The Morgan fingerprint density at radius 1 is 1.18 bits per heavy atom. The quantitative estimate of drug-likeness (QED) is 0.404. The third-order valence-electron chi connectivity index (χ3n) is 5.99. The zero-order valence-electron chi connectivity index (χ0n) is 17.9. The molecule has 33 heavy (non-hydrogen) atoms. The van der Waals surface area contributed by atoms with Crippen molar-refractivity contribution in [2.75, 3.05) is 6.54 Å². The number of alkyl halides is 3. The smallest absolute Gasteiger partial charge is 0.330 e. The first kappa shape index (κ1) is 22.0. The molecule has 5 heterocycles. The number of halogens is 3. The van der Waals surface area contributed by atoms with Crippen molar-refractivity contribution in [1.82, 2.24) is 24.5 Å². The van der Waals surface area contributed by atoms with Crippen molar-refractivity contribution < 1.29 is 18.0 Å². The summed E-state index contributed by atoms with van der Waals surface area (Å²) in [5, 5.41) is 7.68. The van der Waals surface area contributed by atoms with Crippen molar-refractivity contribution in [3.63, 3.8) is 0 Å². The second-order valence-corrected chi connectivity index (χ2v) is 9.94. The lowest BCUT2D eigenvalue weighted by Gasteiger charge is -2.35. The Labute approximate surface area is 195 Å². The molecule has 0 aliphatic carbocycles. The molecule has 0 unspecified atom stereocenters. The molecule has 1 aliphatic heterocycles. The van der Waals surface area contributed by atoms with Crippen LogP contribution in [0, 0.1) is 13.8 Å². The summed E-state index contributed by atoms with van der Waals surface area (Å²) in [5.74, 6) is -1.30. The summed E-state index contributed by atoms with van der Waals surface area (Å²) in [6.07, 6.45) is -3.22. The van der Waals surface area contributed by atoms with Crippen molar-refractivity contribution in [1.29, 1.82) is 0 Å². The average Bonchev–Trinajstić information content (AvgIpc) is 3.51. The maximum Gasteiger partial charge on any atom is 0.453 e. The molecule has 4 aromatic heterocycles. The SMILES string of the molecule is Cc1nc2nc(C(F)(F)F)nn2c(C)c1CCC(=O)N1CCc2sccc2[C@H]1c1cccs1. The Kier molecular flexibility index (Phi) is 5.48. The number of nitrogens with zero attached hydrogens (tertiary/aromatic N) is 5. The predicted octanol–water partition coefficient (Wildman–Crippen LogP) is 4.99. The summed E-state index contributed by atoms with van der Waals surface area (Å²) < 4.78 is 40.2. The van der Waals surface area contributed by atoms with E-state index in [1.807, 2.05) is 16.3 Å². The highest BCUT2D eigenvalue weighted by atomic mass is 32.1. The fourth-order valence-electron chi connectivity index (χ4n) is 4.40. The van der Waals surface area contributed by atoms with Gasteiger partial charge in [0.15, 0.2) is 0 Å². The van der Waals surface area contributed by atoms with Crippen molar-refractivity contribution in [3.05, 3.63) is 67.1 Å². The van der Waals surface area contributed by atoms with E-state index in [0.717, 1.165) is 21.4 Å². The van der Waals surface area contributed by atoms with Gasteiger partial charge in [0.1, 0.15) is 0 Å². The van der Waals surface area contributed by atoms with Gasteiger partial charge in [0.2, 0.25) is 5.91 Å². The van der Waals surface area contributed by atoms with Gasteiger partial charge < -0.3 is 4.90 Å². The summed E-state index contributed by atoms with van der Waals surface area (Å²) in [5.41, 5.74) is 2.97. The Morgan fingerprint density at radius 2 is 2.00 bits per heavy atom. The van der Waals surface area contributed by atoms with Crippen molar-refractivity contribution in [3.8, 4) is 0 Å². The molecule has 172 valence electrons. The Bertz CT molecular complexity index is 1330. The molecule has 1 aliphatic rings. The lowest BCUT2D eigenvalue weighted by atomic mass is 9.97. The maximum absolute atomic E-state index is 13.4. The molecule has 0 spiro atoms. The van der Waals surface area contributed by atoms with Crippen molar-refractivity contribution >= 4 is 34.4 Å². The van der Waals surface area contributed by atoms with Gasteiger partial charge in [0.05, 0.1) is 6.04 Å². The molecule has 0 saturated heterocycles. The minimum Gasteiger partial charge on any atom is -0.330 e. The second kappa shape index (κ2) is 8.21. The fraction of sp³-hybridized carbons (Fsp3) is 0.364. The second-order valence-electron chi connectivity index (χ2n) is 7.96. The van der Waals surface area contributed by atoms with Crippen LogP contribution in [0.25, 0.3) is 5.78 Å². The molecule has 5 rings (SSSR count). The summed E-state index contributed by atoms with van der Waals surface area (Å²) >= 11 is 3.35. The van der Waals surface area contributed by atoms with E-state index in [1.165, 1.54) is 10.4 Å². The van der Waals surface area contributed by atoms with Crippen LogP contribution in [0.4, 0.5) is 13.2 Å². The Hall–Kier alpha value is -2.79. The molecule has 0 aromatic carbocycles.